The predicted octanol–water partition coefficient (Wildman–Crippen LogP) is 10.4. The minimum atomic E-state index is -3.30. The van der Waals surface area contributed by atoms with Gasteiger partial charge in [0.05, 0.1) is 15.2 Å². The lowest BCUT2D eigenvalue weighted by Gasteiger charge is -2.73. The Bertz CT molecular complexity index is 452. The average Bonchev–Trinajstić information content (AvgIpc) is 2.12. The molecule has 0 N–H and O–H groups in total. The first-order chi connectivity index (χ1) is 12.0. The molecule has 0 aliphatic carbocycles. The first kappa shape index (κ1) is 29.6. The summed E-state index contributed by atoms with van der Waals surface area (Å²) in [6.07, 6.45) is 0. The van der Waals surface area contributed by atoms with Gasteiger partial charge in [0.25, 0.3) is 0 Å². The maximum absolute atomic E-state index is 19.0. The highest BCUT2D eigenvalue weighted by Crippen LogP contribution is 2.74. The summed E-state index contributed by atoms with van der Waals surface area (Å²) >= 11 is 0. The molecular formula is C25H57FSi3. The Morgan fingerprint density at radius 3 is 0.517 bits per heavy atom. The quantitative estimate of drug-likeness (QED) is 0.284. The number of hydrogen-bond acceptors (Lipinski definition) is 0. The molecule has 29 heavy (non-hydrogen) atoms. The van der Waals surface area contributed by atoms with Gasteiger partial charge >= 0.3 is 0 Å². The van der Waals surface area contributed by atoms with E-state index in [1.165, 1.54) is 0 Å². The molecule has 4 heteroatoms. The van der Waals surface area contributed by atoms with Crippen molar-refractivity contribution in [3.8, 4) is 0 Å². The van der Waals surface area contributed by atoms with Crippen molar-refractivity contribution in [2.24, 2.45) is 0 Å². The minimum absolute atomic E-state index is 0.0147. The fourth-order valence-corrected chi connectivity index (χ4v) is 86.1. The first-order valence-electron chi connectivity index (χ1n) is 11.7. The van der Waals surface area contributed by atoms with Gasteiger partial charge in [-0.3, -0.25) is 0 Å². The molecule has 0 radical (unpaired) electrons. The van der Waals surface area contributed by atoms with Crippen molar-refractivity contribution in [1.29, 1.82) is 0 Å². The highest BCUT2D eigenvalue weighted by atomic mass is 29.7. The van der Waals surface area contributed by atoms with E-state index in [4.69, 9.17) is 0 Å². The zero-order chi connectivity index (χ0) is 24.5. The van der Waals surface area contributed by atoms with Crippen molar-refractivity contribution in [3.63, 3.8) is 0 Å². The molecule has 0 fully saturated rings. The fraction of sp³-hybridized carbons (Fsp3) is 1.00. The number of halogens is 1. The monoisotopic (exact) mass is 460 g/mol. The van der Waals surface area contributed by atoms with Crippen LogP contribution in [-0.4, -0.2) is 22.6 Å². The van der Waals surface area contributed by atoms with Gasteiger partial charge in [-0.25, -0.2) is 0 Å². The van der Waals surface area contributed by atoms with E-state index in [1.54, 1.807) is 0 Å². The Kier molecular flexibility index (Phi) is 7.44. The van der Waals surface area contributed by atoms with Gasteiger partial charge < -0.3 is 4.11 Å². The summed E-state index contributed by atoms with van der Waals surface area (Å²) in [5.41, 5.74) is 0. The second kappa shape index (κ2) is 7.30. The highest BCUT2D eigenvalue weighted by molar-refractivity contribution is 7.70. The Morgan fingerprint density at radius 2 is 0.448 bits per heavy atom. The highest BCUT2D eigenvalue weighted by Gasteiger charge is 2.82. The molecule has 0 aromatic rings. The van der Waals surface area contributed by atoms with Gasteiger partial charge in [0.1, 0.15) is 0 Å². The molecular weight excluding hydrogens is 404 g/mol. The van der Waals surface area contributed by atoms with Crippen LogP contribution in [0.5, 0.6) is 0 Å². The molecule has 0 heterocycles. The lowest BCUT2D eigenvalue weighted by atomic mass is 10.2. The molecule has 0 rings (SSSR count). The summed E-state index contributed by atoms with van der Waals surface area (Å²) in [5.74, 6) is 0. The maximum Gasteiger partial charge on any atom is 0.221 e. The van der Waals surface area contributed by atoms with Crippen molar-refractivity contribution < 1.29 is 4.11 Å². The van der Waals surface area contributed by atoms with Gasteiger partial charge in [0.15, 0.2) is 0 Å². The van der Waals surface area contributed by atoms with E-state index < -0.39 is 22.6 Å². The van der Waals surface area contributed by atoms with Gasteiger partial charge in [0.2, 0.25) is 7.44 Å². The third-order valence-electron chi connectivity index (χ3n) is 8.16. The van der Waals surface area contributed by atoms with Crippen LogP contribution in [0.3, 0.4) is 0 Å². The van der Waals surface area contributed by atoms with Crippen LogP contribution in [0.1, 0.15) is 125 Å². The van der Waals surface area contributed by atoms with Crippen molar-refractivity contribution in [3.05, 3.63) is 0 Å². The molecule has 0 saturated carbocycles. The molecule has 0 aliphatic heterocycles. The van der Waals surface area contributed by atoms with Crippen molar-refractivity contribution >= 4 is 22.6 Å². The summed E-state index contributed by atoms with van der Waals surface area (Å²) < 4.78 is 19.0. The summed E-state index contributed by atoms with van der Waals surface area (Å²) in [7, 11) is -8.41. The van der Waals surface area contributed by atoms with E-state index in [9.17, 15) is 0 Å². The molecule has 0 saturated heterocycles. The number of rotatable bonds is 2. The van der Waals surface area contributed by atoms with Crippen molar-refractivity contribution in [2.45, 2.75) is 161 Å². The normalized spacial score (nSPS) is 17.0. The van der Waals surface area contributed by atoms with Crippen LogP contribution in [0.4, 0.5) is 4.11 Å². The molecule has 0 bridgehead atoms. The Balaban J connectivity index is 8.22. The van der Waals surface area contributed by atoms with Crippen LogP contribution < -0.4 is 0 Å². The molecule has 0 amide bonds. The summed E-state index contributed by atoms with van der Waals surface area (Å²) in [4.78, 5) is 0. The van der Waals surface area contributed by atoms with Crippen molar-refractivity contribution in [1.82, 2.24) is 0 Å². The standard InChI is InChI=1S/C25H57FSi3/c1-20(2,3)28(21(4,5)6,22(7,8)9)27(19,26)29(23(10,11)12,24(13,14)15)25(16,17)18/h1-19H3. The zero-order valence-corrected chi connectivity index (χ0v) is 26.9. The van der Waals surface area contributed by atoms with Gasteiger partial charge in [-0.1, -0.05) is 125 Å². The minimum Gasteiger partial charge on any atom is -0.322 e. The van der Waals surface area contributed by atoms with Crippen molar-refractivity contribution in [2.75, 3.05) is 0 Å². The smallest absolute Gasteiger partial charge is 0.221 e. The van der Waals surface area contributed by atoms with Crippen LogP contribution in [0, 0.1) is 0 Å². The third-order valence-corrected chi connectivity index (χ3v) is 53.2. The van der Waals surface area contributed by atoms with Crippen LogP contribution in [-0.2, 0) is 0 Å². The van der Waals surface area contributed by atoms with E-state index in [0.717, 1.165) is 0 Å². The summed E-state index contributed by atoms with van der Waals surface area (Å²) in [6, 6.07) is 0. The topological polar surface area (TPSA) is 0 Å². The molecule has 176 valence electrons. The number of hydrogen-bond donors (Lipinski definition) is 0. The lowest BCUT2D eigenvalue weighted by Crippen LogP contribution is -2.88. The predicted molar refractivity (Wildman–Crippen MR) is 143 cm³/mol. The van der Waals surface area contributed by atoms with E-state index in [2.05, 4.69) is 131 Å². The molecule has 0 aromatic heterocycles. The van der Waals surface area contributed by atoms with E-state index in [0.29, 0.717) is 0 Å². The molecule has 0 spiro atoms. The van der Waals surface area contributed by atoms with Gasteiger partial charge in [-0.15, -0.1) is 0 Å². The second-order valence-corrected chi connectivity index (χ2v) is 41.6. The van der Waals surface area contributed by atoms with E-state index >= 15 is 4.11 Å². The summed E-state index contributed by atoms with van der Waals surface area (Å²) in [6.45, 7) is 45.1. The molecule has 0 aliphatic rings. The second-order valence-electron chi connectivity index (χ2n) is 16.0. The maximum atomic E-state index is 19.0. The SMILES string of the molecule is CC(C)(C)[Si](C(C)(C)C)(C(C)(C)C)[Si](C)(F)[Si](C(C)(C)C)(C(C)(C)C)C(C)(C)C. The van der Waals surface area contributed by atoms with Crippen LogP contribution in [0.15, 0.2) is 0 Å². The van der Waals surface area contributed by atoms with Gasteiger partial charge in [-0.2, -0.15) is 0 Å². The average molecular weight is 461 g/mol. The Morgan fingerprint density at radius 1 is 0.345 bits per heavy atom. The van der Waals surface area contributed by atoms with E-state index in [1.807, 2.05) is 0 Å². The Labute approximate surface area is 188 Å². The molecule has 0 unspecified atom stereocenters. The van der Waals surface area contributed by atoms with Gasteiger partial charge in [-0.05, 0) is 36.8 Å². The first-order valence-corrected chi connectivity index (χ1v) is 20.1. The van der Waals surface area contributed by atoms with Gasteiger partial charge in [0, 0.05) is 0 Å². The van der Waals surface area contributed by atoms with Crippen LogP contribution >= 0.6 is 0 Å². The molecule has 0 aromatic carbocycles. The fourth-order valence-electron chi connectivity index (χ4n) is 11.3. The zero-order valence-electron chi connectivity index (χ0n) is 23.9. The van der Waals surface area contributed by atoms with Crippen LogP contribution in [0.25, 0.3) is 0 Å². The third kappa shape index (κ3) is 3.83. The lowest BCUT2D eigenvalue weighted by molar-refractivity contribution is 0.526. The molecule has 0 atom stereocenters. The van der Waals surface area contributed by atoms with E-state index in [-0.39, 0.29) is 30.2 Å². The van der Waals surface area contributed by atoms with Crippen LogP contribution in [0.2, 0.25) is 36.8 Å². The largest absolute Gasteiger partial charge is 0.322 e. The Hall–Kier alpha value is 0.581. The molecule has 0 nitrogen and oxygen atoms in total. The summed E-state index contributed by atoms with van der Waals surface area (Å²) in [5, 5.41) is -0.0880.